The molecule has 2 amide bonds. The average molecular weight is 346 g/mol. The Hall–Kier alpha value is -2.24. The number of likely N-dealkylation sites (tertiary alicyclic amines) is 1. The van der Waals surface area contributed by atoms with Crippen LogP contribution in [0.4, 0.5) is 0 Å². The van der Waals surface area contributed by atoms with Gasteiger partial charge < -0.3 is 19.7 Å². The first-order valence-electron chi connectivity index (χ1n) is 8.84. The molecule has 1 fully saturated rings. The number of carbonyl (C=O) groups excluding carboxylic acids is 2. The Morgan fingerprint density at radius 2 is 1.80 bits per heavy atom. The molecule has 0 saturated carbocycles. The van der Waals surface area contributed by atoms with Gasteiger partial charge in [0.05, 0.1) is 14.2 Å². The molecule has 1 saturated heterocycles. The molecule has 1 aliphatic carbocycles. The molecule has 1 heterocycles. The summed E-state index contributed by atoms with van der Waals surface area (Å²) in [5, 5.41) is 3.15. The van der Waals surface area contributed by atoms with Crippen molar-refractivity contribution in [1.82, 2.24) is 10.2 Å². The van der Waals surface area contributed by atoms with E-state index in [-0.39, 0.29) is 23.9 Å². The van der Waals surface area contributed by atoms with Gasteiger partial charge in [0.25, 0.3) is 0 Å². The fourth-order valence-electron chi connectivity index (χ4n) is 3.92. The van der Waals surface area contributed by atoms with E-state index in [0.29, 0.717) is 12.3 Å². The maximum absolute atomic E-state index is 12.6. The lowest BCUT2D eigenvalue weighted by molar-refractivity contribution is -0.137. The van der Waals surface area contributed by atoms with Gasteiger partial charge in [-0.1, -0.05) is 0 Å². The van der Waals surface area contributed by atoms with Gasteiger partial charge in [-0.15, -0.1) is 0 Å². The summed E-state index contributed by atoms with van der Waals surface area (Å²) >= 11 is 0. The van der Waals surface area contributed by atoms with Crippen LogP contribution in [0.5, 0.6) is 11.5 Å². The normalized spacial score (nSPS) is 22.3. The van der Waals surface area contributed by atoms with E-state index in [1.807, 2.05) is 12.1 Å². The first-order valence-corrected chi connectivity index (χ1v) is 8.84. The number of nitrogens with one attached hydrogen (secondary N) is 1. The Morgan fingerprint density at radius 1 is 1.12 bits per heavy atom. The lowest BCUT2D eigenvalue weighted by Crippen LogP contribution is -2.49. The van der Waals surface area contributed by atoms with E-state index in [1.165, 1.54) is 18.1 Å². The van der Waals surface area contributed by atoms with Crippen LogP contribution in [0.15, 0.2) is 12.1 Å². The van der Waals surface area contributed by atoms with Gasteiger partial charge in [-0.3, -0.25) is 9.59 Å². The third kappa shape index (κ3) is 3.57. The van der Waals surface area contributed by atoms with E-state index < -0.39 is 0 Å². The molecule has 0 bridgehead atoms. The molecule has 0 radical (unpaired) electrons. The predicted octanol–water partition coefficient (Wildman–Crippen LogP) is 1.69. The molecule has 0 aromatic heterocycles. The number of fused-ring (bicyclic) bond motifs is 1. The van der Waals surface area contributed by atoms with Crippen molar-refractivity contribution in [3.8, 4) is 11.5 Å². The van der Waals surface area contributed by atoms with Crippen molar-refractivity contribution in [2.75, 3.05) is 20.8 Å². The number of ether oxygens (including phenoxy) is 2. The zero-order chi connectivity index (χ0) is 18.0. The van der Waals surface area contributed by atoms with Crippen molar-refractivity contribution in [2.24, 2.45) is 0 Å². The van der Waals surface area contributed by atoms with E-state index in [0.717, 1.165) is 37.9 Å². The Kier molecular flexibility index (Phi) is 5.16. The van der Waals surface area contributed by atoms with Crippen LogP contribution in [-0.4, -0.2) is 49.6 Å². The van der Waals surface area contributed by atoms with Crippen LogP contribution in [-0.2, 0) is 22.4 Å². The summed E-state index contributed by atoms with van der Waals surface area (Å²) in [5.41, 5.74) is 2.43. The molecule has 1 unspecified atom stereocenters. The summed E-state index contributed by atoms with van der Waals surface area (Å²) in [6.45, 7) is 2.21. The highest BCUT2D eigenvalue weighted by Crippen LogP contribution is 2.34. The van der Waals surface area contributed by atoms with Gasteiger partial charge in [-0.25, -0.2) is 0 Å². The number of hydrogen-bond donors (Lipinski definition) is 1. The minimum absolute atomic E-state index is 0.0246. The molecule has 2 aliphatic rings. The molecule has 6 heteroatoms. The first-order chi connectivity index (χ1) is 12.0. The van der Waals surface area contributed by atoms with Gasteiger partial charge in [0.15, 0.2) is 11.5 Å². The van der Waals surface area contributed by atoms with Crippen LogP contribution < -0.4 is 14.8 Å². The van der Waals surface area contributed by atoms with Gasteiger partial charge in [0.1, 0.15) is 6.04 Å². The highest BCUT2D eigenvalue weighted by Gasteiger charge is 2.33. The highest BCUT2D eigenvalue weighted by molar-refractivity contribution is 5.87. The Bertz CT molecular complexity index is 674. The zero-order valence-corrected chi connectivity index (χ0v) is 15.1. The van der Waals surface area contributed by atoms with E-state index in [4.69, 9.17) is 9.47 Å². The van der Waals surface area contributed by atoms with Crippen molar-refractivity contribution in [1.29, 1.82) is 0 Å². The molecule has 136 valence electrons. The van der Waals surface area contributed by atoms with Crippen molar-refractivity contribution in [3.63, 3.8) is 0 Å². The molecule has 1 aliphatic heterocycles. The van der Waals surface area contributed by atoms with Gasteiger partial charge in [-0.05, 0) is 55.4 Å². The second-order valence-electron chi connectivity index (χ2n) is 6.79. The van der Waals surface area contributed by atoms with Gasteiger partial charge in [-0.2, -0.15) is 0 Å². The summed E-state index contributed by atoms with van der Waals surface area (Å²) in [5.74, 6) is 1.41. The van der Waals surface area contributed by atoms with Crippen LogP contribution in [0.3, 0.4) is 0 Å². The second-order valence-corrected chi connectivity index (χ2v) is 6.79. The number of methoxy groups -OCH3 is 2. The SMILES string of the molecule is COc1cc2c(cc1OC)CC(NC(=O)[C@@H]1CCCN1C(C)=O)CC2. The average Bonchev–Trinajstić information content (AvgIpc) is 3.10. The molecule has 25 heavy (non-hydrogen) atoms. The molecular weight excluding hydrogens is 320 g/mol. The summed E-state index contributed by atoms with van der Waals surface area (Å²) in [6.07, 6.45) is 4.19. The van der Waals surface area contributed by atoms with Gasteiger partial charge >= 0.3 is 0 Å². The van der Waals surface area contributed by atoms with Crippen LogP contribution in [0.1, 0.15) is 37.3 Å². The maximum Gasteiger partial charge on any atom is 0.243 e. The Balaban J connectivity index is 1.68. The molecule has 0 spiro atoms. The van der Waals surface area contributed by atoms with E-state index in [1.54, 1.807) is 19.1 Å². The predicted molar refractivity (Wildman–Crippen MR) is 93.9 cm³/mol. The van der Waals surface area contributed by atoms with Crippen molar-refractivity contribution in [2.45, 2.75) is 51.1 Å². The monoisotopic (exact) mass is 346 g/mol. The van der Waals surface area contributed by atoms with Crippen molar-refractivity contribution >= 4 is 11.8 Å². The molecule has 2 atom stereocenters. The molecule has 3 rings (SSSR count). The minimum Gasteiger partial charge on any atom is -0.493 e. The number of aryl methyl sites for hydroxylation is 1. The number of benzene rings is 1. The van der Waals surface area contributed by atoms with Gasteiger partial charge in [0, 0.05) is 19.5 Å². The molecule has 1 aromatic rings. The third-order valence-electron chi connectivity index (χ3n) is 5.24. The third-order valence-corrected chi connectivity index (χ3v) is 5.24. The fourth-order valence-corrected chi connectivity index (χ4v) is 3.92. The number of amides is 2. The Labute approximate surface area is 148 Å². The minimum atomic E-state index is -0.315. The van der Waals surface area contributed by atoms with Crippen LogP contribution in [0.25, 0.3) is 0 Å². The van der Waals surface area contributed by atoms with Crippen LogP contribution in [0, 0.1) is 0 Å². The topological polar surface area (TPSA) is 67.9 Å². The summed E-state index contributed by atoms with van der Waals surface area (Å²) in [4.78, 5) is 26.0. The number of hydrogen-bond acceptors (Lipinski definition) is 4. The number of nitrogens with zero attached hydrogens (tertiary/aromatic N) is 1. The van der Waals surface area contributed by atoms with Crippen LogP contribution in [0.2, 0.25) is 0 Å². The molecule has 6 nitrogen and oxygen atoms in total. The fraction of sp³-hybridized carbons (Fsp3) is 0.579. The number of carbonyl (C=O) groups is 2. The van der Waals surface area contributed by atoms with E-state index >= 15 is 0 Å². The van der Waals surface area contributed by atoms with Crippen LogP contribution >= 0.6 is 0 Å². The van der Waals surface area contributed by atoms with Crippen molar-refractivity contribution in [3.05, 3.63) is 23.3 Å². The lowest BCUT2D eigenvalue weighted by Gasteiger charge is -2.29. The zero-order valence-electron chi connectivity index (χ0n) is 15.1. The maximum atomic E-state index is 12.6. The van der Waals surface area contributed by atoms with Crippen molar-refractivity contribution < 1.29 is 19.1 Å². The molecule has 1 aromatic carbocycles. The summed E-state index contributed by atoms with van der Waals surface area (Å²) < 4.78 is 10.7. The largest absolute Gasteiger partial charge is 0.493 e. The molecular formula is C19H26N2O4. The quantitative estimate of drug-likeness (QED) is 0.901. The standard InChI is InChI=1S/C19H26N2O4/c1-12(22)21-8-4-5-16(21)19(23)20-15-7-6-13-10-17(24-2)18(25-3)11-14(13)9-15/h10-11,15-16H,4-9H2,1-3H3,(H,20,23)/t15?,16-/m0/s1. The lowest BCUT2D eigenvalue weighted by atomic mass is 9.87. The van der Waals surface area contributed by atoms with E-state index in [2.05, 4.69) is 5.32 Å². The molecule has 1 N–H and O–H groups in total. The second kappa shape index (κ2) is 7.33. The van der Waals surface area contributed by atoms with E-state index in [9.17, 15) is 9.59 Å². The Morgan fingerprint density at radius 3 is 2.44 bits per heavy atom. The highest BCUT2D eigenvalue weighted by atomic mass is 16.5. The smallest absolute Gasteiger partial charge is 0.243 e. The van der Waals surface area contributed by atoms with Gasteiger partial charge in [0.2, 0.25) is 11.8 Å². The summed E-state index contributed by atoms with van der Waals surface area (Å²) in [6, 6.07) is 3.81. The first kappa shape index (κ1) is 17.6. The number of rotatable bonds is 4. The summed E-state index contributed by atoms with van der Waals surface area (Å²) in [7, 11) is 3.27.